The smallest absolute Gasteiger partial charge is 0.268 e. The second-order valence-corrected chi connectivity index (χ2v) is 8.73. The summed E-state index contributed by atoms with van der Waals surface area (Å²) in [5.41, 5.74) is 8.54. The Hall–Kier alpha value is -3.72. The highest BCUT2D eigenvalue weighted by Crippen LogP contribution is 2.26. The van der Waals surface area contributed by atoms with Gasteiger partial charge < -0.3 is 25.4 Å². The van der Waals surface area contributed by atoms with Gasteiger partial charge in [-0.15, -0.1) is 0 Å². The summed E-state index contributed by atoms with van der Waals surface area (Å²) < 4.78 is 34.4. The number of nitrogens with zero attached hydrogens (tertiary/aromatic N) is 1. The van der Waals surface area contributed by atoms with Gasteiger partial charge in [-0.05, 0) is 49.4 Å². The number of furan rings is 1. The van der Waals surface area contributed by atoms with Crippen LogP contribution in [0.25, 0.3) is 11.0 Å². The summed E-state index contributed by atoms with van der Waals surface area (Å²) in [6.07, 6.45) is 2.57. The van der Waals surface area contributed by atoms with Crippen LogP contribution in [0.15, 0.2) is 62.9 Å². The predicted octanol–water partition coefficient (Wildman–Crippen LogP) is 3.90. The van der Waals surface area contributed by atoms with Gasteiger partial charge in [0.05, 0.1) is 22.0 Å². The number of anilines is 1. The predicted molar refractivity (Wildman–Crippen MR) is 121 cm³/mol. The van der Waals surface area contributed by atoms with Crippen LogP contribution >= 0.6 is 0 Å². The largest absolute Gasteiger partial charge is 0.464 e. The van der Waals surface area contributed by atoms with Gasteiger partial charge in [0, 0.05) is 52.6 Å². The van der Waals surface area contributed by atoms with Gasteiger partial charge in [-0.1, -0.05) is 0 Å². The molecule has 1 unspecified atom stereocenters. The van der Waals surface area contributed by atoms with Crippen LogP contribution in [-0.4, -0.2) is 20.9 Å². The second-order valence-electron chi connectivity index (χ2n) is 7.28. The number of hydrogen-bond donors (Lipinski definition) is 3. The normalized spacial score (nSPS) is 12.1. The number of carbonyl (C=O) groups excluding carboxylic acids is 1. The standard InChI is InChI=1S/C23H21FN4O3S/c1-13-22(32(30)15-3-5-19(26)14(9-15)11-25)10-20(28(13)2)23(29)27-12-17-16-7-8-31-21(16)6-4-18(17)24/h3-11,25H,12,26H2,1-2H3,(H,27,29). The van der Waals surface area contributed by atoms with Crippen LogP contribution in [0.4, 0.5) is 10.1 Å². The van der Waals surface area contributed by atoms with E-state index in [0.717, 1.165) is 6.21 Å². The van der Waals surface area contributed by atoms with E-state index in [2.05, 4.69) is 5.32 Å². The summed E-state index contributed by atoms with van der Waals surface area (Å²) in [6.45, 7) is 1.75. The molecule has 0 aliphatic rings. The van der Waals surface area contributed by atoms with Gasteiger partial charge in [0.1, 0.15) is 17.1 Å². The van der Waals surface area contributed by atoms with Crippen LogP contribution < -0.4 is 11.1 Å². The lowest BCUT2D eigenvalue weighted by molar-refractivity contribution is 0.0942. The number of benzene rings is 2. The van der Waals surface area contributed by atoms with E-state index in [9.17, 15) is 13.4 Å². The van der Waals surface area contributed by atoms with E-state index < -0.39 is 22.5 Å². The van der Waals surface area contributed by atoms with E-state index in [1.165, 1.54) is 12.3 Å². The number of amides is 1. The molecular weight excluding hydrogens is 431 g/mol. The Balaban J connectivity index is 1.60. The summed E-state index contributed by atoms with van der Waals surface area (Å²) in [4.78, 5) is 13.8. The Morgan fingerprint density at radius 3 is 2.81 bits per heavy atom. The van der Waals surface area contributed by atoms with Gasteiger partial charge in [-0.25, -0.2) is 8.60 Å². The molecule has 4 N–H and O–H groups in total. The van der Waals surface area contributed by atoms with Gasteiger partial charge in [0.15, 0.2) is 0 Å². The maximum absolute atomic E-state index is 14.3. The molecule has 1 atom stereocenters. The Bertz CT molecular complexity index is 1390. The number of fused-ring (bicyclic) bond motifs is 1. The molecule has 0 spiro atoms. The van der Waals surface area contributed by atoms with Crippen LogP contribution in [0.3, 0.4) is 0 Å². The lowest BCUT2D eigenvalue weighted by Crippen LogP contribution is -2.25. The molecule has 0 fully saturated rings. The van der Waals surface area contributed by atoms with E-state index in [0.29, 0.717) is 49.0 Å². The quantitative estimate of drug-likeness (QED) is 0.304. The van der Waals surface area contributed by atoms with Gasteiger partial charge in [-0.3, -0.25) is 4.79 Å². The number of rotatable bonds is 6. The van der Waals surface area contributed by atoms with Crippen molar-refractivity contribution in [1.29, 1.82) is 5.41 Å². The Labute approximate surface area is 186 Å². The average Bonchev–Trinajstić information content (AvgIpc) is 3.38. The zero-order chi connectivity index (χ0) is 23.0. The minimum Gasteiger partial charge on any atom is -0.464 e. The zero-order valence-corrected chi connectivity index (χ0v) is 18.3. The van der Waals surface area contributed by atoms with E-state index in [-0.39, 0.29) is 6.54 Å². The number of aromatic nitrogens is 1. The summed E-state index contributed by atoms with van der Waals surface area (Å²) >= 11 is 0. The zero-order valence-electron chi connectivity index (χ0n) is 17.4. The first-order valence-electron chi connectivity index (χ1n) is 9.72. The van der Waals surface area contributed by atoms with Crippen molar-refractivity contribution in [3.05, 3.63) is 77.1 Å². The Morgan fingerprint density at radius 1 is 1.28 bits per heavy atom. The number of halogens is 1. The third-order valence-corrected chi connectivity index (χ3v) is 6.96. The maximum atomic E-state index is 14.3. The fourth-order valence-corrected chi connectivity index (χ4v) is 4.82. The third-order valence-electron chi connectivity index (χ3n) is 5.46. The van der Waals surface area contributed by atoms with Crippen molar-refractivity contribution < 1.29 is 17.8 Å². The van der Waals surface area contributed by atoms with Crippen molar-refractivity contribution in [2.45, 2.75) is 23.3 Å². The molecule has 0 bridgehead atoms. The van der Waals surface area contributed by atoms with Crippen LogP contribution in [0.2, 0.25) is 0 Å². The fraction of sp³-hybridized carbons (Fsp3) is 0.130. The Morgan fingerprint density at radius 2 is 2.06 bits per heavy atom. The van der Waals surface area contributed by atoms with Crippen LogP contribution in [-0.2, 0) is 24.4 Å². The molecule has 2 heterocycles. The first-order valence-corrected chi connectivity index (χ1v) is 10.9. The fourth-order valence-electron chi connectivity index (χ4n) is 3.51. The topological polar surface area (TPSA) is 114 Å². The number of nitrogen functional groups attached to an aromatic ring is 1. The SMILES string of the molecule is Cc1c(S(=O)c2ccc(N)c(C=N)c2)cc(C(=O)NCc2c(F)ccc3occc23)n1C. The molecular formula is C23H21FN4O3S. The number of hydrogen-bond acceptors (Lipinski definition) is 5. The summed E-state index contributed by atoms with van der Waals surface area (Å²) in [6, 6.07) is 10.9. The average molecular weight is 453 g/mol. The maximum Gasteiger partial charge on any atom is 0.268 e. The molecule has 2 aromatic carbocycles. The van der Waals surface area contributed by atoms with Crippen LogP contribution in [0, 0.1) is 18.2 Å². The number of nitrogens with one attached hydrogen (secondary N) is 2. The van der Waals surface area contributed by atoms with Gasteiger partial charge >= 0.3 is 0 Å². The van der Waals surface area contributed by atoms with Crippen LogP contribution in [0.5, 0.6) is 0 Å². The van der Waals surface area contributed by atoms with Gasteiger partial charge in [-0.2, -0.15) is 0 Å². The van der Waals surface area contributed by atoms with Crippen molar-refractivity contribution in [2.24, 2.45) is 7.05 Å². The molecule has 7 nitrogen and oxygen atoms in total. The minimum absolute atomic E-state index is 0.0230. The molecule has 0 aliphatic carbocycles. The molecule has 4 rings (SSSR count). The highest BCUT2D eigenvalue weighted by Gasteiger charge is 2.21. The lowest BCUT2D eigenvalue weighted by atomic mass is 10.1. The van der Waals surface area contributed by atoms with Crippen molar-refractivity contribution in [3.8, 4) is 0 Å². The van der Waals surface area contributed by atoms with E-state index >= 15 is 0 Å². The summed E-state index contributed by atoms with van der Waals surface area (Å²) in [7, 11) is 0.129. The second kappa shape index (κ2) is 8.43. The van der Waals surface area contributed by atoms with E-state index in [1.54, 1.807) is 54.9 Å². The van der Waals surface area contributed by atoms with Crippen molar-refractivity contribution in [3.63, 3.8) is 0 Å². The molecule has 0 saturated carbocycles. The van der Waals surface area contributed by atoms with E-state index in [1.807, 2.05) is 0 Å². The van der Waals surface area contributed by atoms with Crippen molar-refractivity contribution in [2.75, 3.05) is 5.73 Å². The molecule has 32 heavy (non-hydrogen) atoms. The molecule has 164 valence electrons. The first-order chi connectivity index (χ1) is 15.3. The highest BCUT2D eigenvalue weighted by atomic mass is 32.2. The Kier molecular flexibility index (Phi) is 5.67. The monoisotopic (exact) mass is 452 g/mol. The lowest BCUT2D eigenvalue weighted by Gasteiger charge is -2.09. The van der Waals surface area contributed by atoms with Crippen LogP contribution in [0.1, 0.15) is 27.3 Å². The molecule has 0 radical (unpaired) electrons. The number of nitrogens with two attached hydrogens (primary N) is 1. The minimum atomic E-state index is -1.57. The third kappa shape index (κ3) is 3.71. The van der Waals surface area contributed by atoms with Crippen molar-refractivity contribution in [1.82, 2.24) is 9.88 Å². The molecule has 1 amide bonds. The van der Waals surface area contributed by atoms with Gasteiger partial charge in [0.2, 0.25) is 0 Å². The molecule has 4 aromatic rings. The molecule has 0 aliphatic heterocycles. The van der Waals surface area contributed by atoms with Gasteiger partial charge in [0.25, 0.3) is 5.91 Å². The molecule has 9 heteroatoms. The summed E-state index contributed by atoms with van der Waals surface area (Å²) in [5, 5.41) is 10.8. The first kappa shape index (κ1) is 21.5. The van der Waals surface area contributed by atoms with E-state index in [4.69, 9.17) is 15.6 Å². The highest BCUT2D eigenvalue weighted by molar-refractivity contribution is 7.85. The molecule has 0 saturated heterocycles. The van der Waals surface area contributed by atoms with Crippen molar-refractivity contribution >= 4 is 39.6 Å². The summed E-state index contributed by atoms with van der Waals surface area (Å²) in [5.74, 6) is -0.856. The molecule has 2 aromatic heterocycles. The number of carbonyl (C=O) groups is 1.